The molecule has 96 valence electrons. The SMILES string of the molecule is Brc1ccc(Cn2nnnc2C2CCOCC2)s1. The van der Waals surface area contributed by atoms with Crippen molar-refractivity contribution in [2.24, 2.45) is 0 Å². The summed E-state index contributed by atoms with van der Waals surface area (Å²) in [6.07, 6.45) is 2.02. The van der Waals surface area contributed by atoms with Gasteiger partial charge in [-0.3, -0.25) is 0 Å². The van der Waals surface area contributed by atoms with E-state index in [4.69, 9.17) is 4.74 Å². The van der Waals surface area contributed by atoms with E-state index in [0.717, 1.165) is 42.2 Å². The third-order valence-electron chi connectivity index (χ3n) is 3.08. The maximum atomic E-state index is 5.38. The average molecular weight is 329 g/mol. The second-order valence-electron chi connectivity index (χ2n) is 4.29. The summed E-state index contributed by atoms with van der Waals surface area (Å²) in [6, 6.07) is 4.16. The van der Waals surface area contributed by atoms with Crippen LogP contribution in [0.4, 0.5) is 0 Å². The molecule has 3 heterocycles. The number of hydrogen-bond donors (Lipinski definition) is 0. The molecule has 1 saturated heterocycles. The summed E-state index contributed by atoms with van der Waals surface area (Å²) in [5.74, 6) is 1.42. The van der Waals surface area contributed by atoms with Crippen LogP contribution in [0.25, 0.3) is 0 Å². The first-order valence-corrected chi connectivity index (χ1v) is 7.52. The van der Waals surface area contributed by atoms with Gasteiger partial charge in [-0.2, -0.15) is 0 Å². The van der Waals surface area contributed by atoms with Crippen LogP contribution in [0.3, 0.4) is 0 Å². The lowest BCUT2D eigenvalue weighted by Gasteiger charge is -2.20. The van der Waals surface area contributed by atoms with Crippen molar-refractivity contribution in [2.75, 3.05) is 13.2 Å². The van der Waals surface area contributed by atoms with Crippen LogP contribution in [0.15, 0.2) is 15.9 Å². The molecule has 0 atom stereocenters. The Labute approximate surface area is 117 Å². The van der Waals surface area contributed by atoms with E-state index in [-0.39, 0.29) is 0 Å². The molecule has 1 fully saturated rings. The zero-order valence-corrected chi connectivity index (χ0v) is 12.2. The summed E-state index contributed by atoms with van der Waals surface area (Å²) >= 11 is 5.19. The first-order valence-electron chi connectivity index (χ1n) is 5.91. The lowest BCUT2D eigenvalue weighted by Crippen LogP contribution is -2.18. The minimum Gasteiger partial charge on any atom is -0.381 e. The highest BCUT2D eigenvalue weighted by molar-refractivity contribution is 9.11. The number of aromatic nitrogens is 4. The molecular weight excluding hydrogens is 316 g/mol. The number of ether oxygens (including phenoxy) is 1. The molecule has 0 spiro atoms. The second kappa shape index (κ2) is 5.46. The normalized spacial score (nSPS) is 17.2. The zero-order chi connectivity index (χ0) is 12.4. The third-order valence-corrected chi connectivity index (χ3v) is 4.69. The molecule has 2 aromatic rings. The number of tetrazole rings is 1. The number of hydrogen-bond acceptors (Lipinski definition) is 5. The molecule has 0 aromatic carbocycles. The Kier molecular flexibility index (Phi) is 3.72. The summed E-state index contributed by atoms with van der Waals surface area (Å²) in [5.41, 5.74) is 0. The maximum Gasteiger partial charge on any atom is 0.154 e. The van der Waals surface area contributed by atoms with Gasteiger partial charge in [0.1, 0.15) is 0 Å². The molecule has 0 unspecified atom stereocenters. The van der Waals surface area contributed by atoms with Crippen LogP contribution in [0.1, 0.15) is 29.5 Å². The predicted molar refractivity (Wildman–Crippen MR) is 71.7 cm³/mol. The average Bonchev–Trinajstić information content (AvgIpc) is 3.00. The van der Waals surface area contributed by atoms with Crippen molar-refractivity contribution in [3.05, 3.63) is 26.6 Å². The van der Waals surface area contributed by atoms with Crippen molar-refractivity contribution < 1.29 is 4.74 Å². The van der Waals surface area contributed by atoms with Crippen LogP contribution in [0.5, 0.6) is 0 Å². The maximum absolute atomic E-state index is 5.38. The van der Waals surface area contributed by atoms with Gasteiger partial charge in [-0.1, -0.05) is 0 Å². The number of nitrogens with zero attached hydrogens (tertiary/aromatic N) is 4. The molecule has 18 heavy (non-hydrogen) atoms. The van der Waals surface area contributed by atoms with Crippen LogP contribution in [-0.2, 0) is 11.3 Å². The number of rotatable bonds is 3. The molecule has 3 rings (SSSR count). The molecule has 7 heteroatoms. The Morgan fingerprint density at radius 1 is 1.39 bits per heavy atom. The van der Waals surface area contributed by atoms with E-state index in [1.54, 1.807) is 11.3 Å². The minimum absolute atomic E-state index is 0.428. The van der Waals surface area contributed by atoms with Crippen LogP contribution in [0.2, 0.25) is 0 Å². The Morgan fingerprint density at radius 2 is 2.22 bits per heavy atom. The van der Waals surface area contributed by atoms with Crippen molar-refractivity contribution in [2.45, 2.75) is 25.3 Å². The lowest BCUT2D eigenvalue weighted by atomic mass is 9.99. The molecule has 1 aliphatic heterocycles. The Bertz CT molecular complexity index is 521. The molecule has 0 saturated carbocycles. The monoisotopic (exact) mass is 328 g/mol. The summed E-state index contributed by atoms with van der Waals surface area (Å²) < 4.78 is 8.43. The van der Waals surface area contributed by atoms with Crippen LogP contribution >= 0.6 is 27.3 Å². The molecule has 0 N–H and O–H groups in total. The van der Waals surface area contributed by atoms with Gasteiger partial charge in [0.05, 0.1) is 10.3 Å². The lowest BCUT2D eigenvalue weighted by molar-refractivity contribution is 0.0826. The molecule has 0 bridgehead atoms. The molecule has 1 aliphatic rings. The van der Waals surface area contributed by atoms with Gasteiger partial charge >= 0.3 is 0 Å². The van der Waals surface area contributed by atoms with Crippen molar-refractivity contribution in [3.8, 4) is 0 Å². The minimum atomic E-state index is 0.428. The van der Waals surface area contributed by atoms with E-state index >= 15 is 0 Å². The van der Waals surface area contributed by atoms with E-state index in [0.29, 0.717) is 5.92 Å². The molecule has 5 nitrogen and oxygen atoms in total. The van der Waals surface area contributed by atoms with Crippen LogP contribution < -0.4 is 0 Å². The molecular formula is C11H13BrN4OS. The van der Waals surface area contributed by atoms with Gasteiger partial charge in [-0.05, 0) is 51.3 Å². The largest absolute Gasteiger partial charge is 0.381 e. The summed E-state index contributed by atoms with van der Waals surface area (Å²) in [7, 11) is 0. The standard InChI is InChI=1S/C11H13BrN4OS/c12-10-2-1-9(18-10)7-16-11(13-14-15-16)8-3-5-17-6-4-8/h1-2,8H,3-7H2. The highest BCUT2D eigenvalue weighted by Gasteiger charge is 2.22. The van der Waals surface area contributed by atoms with Crippen molar-refractivity contribution in [1.82, 2.24) is 20.2 Å². The van der Waals surface area contributed by atoms with Crippen LogP contribution in [0, 0.1) is 0 Å². The number of halogens is 1. The van der Waals surface area contributed by atoms with Gasteiger partial charge < -0.3 is 4.74 Å². The number of thiophene rings is 1. The second-order valence-corrected chi connectivity index (χ2v) is 6.83. The van der Waals surface area contributed by atoms with Gasteiger partial charge in [0.25, 0.3) is 0 Å². The first-order chi connectivity index (χ1) is 8.83. The van der Waals surface area contributed by atoms with Gasteiger partial charge in [0.2, 0.25) is 0 Å². The first kappa shape index (κ1) is 12.3. The van der Waals surface area contributed by atoms with E-state index in [9.17, 15) is 0 Å². The topological polar surface area (TPSA) is 52.8 Å². The fourth-order valence-corrected chi connectivity index (χ4v) is 3.62. The van der Waals surface area contributed by atoms with E-state index in [1.807, 2.05) is 4.68 Å². The van der Waals surface area contributed by atoms with Crippen molar-refractivity contribution >= 4 is 27.3 Å². The third kappa shape index (κ3) is 2.62. The zero-order valence-electron chi connectivity index (χ0n) is 9.75. The van der Waals surface area contributed by atoms with Gasteiger partial charge in [-0.15, -0.1) is 16.4 Å². The fraction of sp³-hybridized carbons (Fsp3) is 0.545. The summed E-state index contributed by atoms with van der Waals surface area (Å²) in [5, 5.41) is 12.1. The highest BCUT2D eigenvalue weighted by atomic mass is 79.9. The Hall–Kier alpha value is -0.790. The van der Waals surface area contributed by atoms with Crippen LogP contribution in [-0.4, -0.2) is 33.4 Å². The summed E-state index contributed by atoms with van der Waals surface area (Å²) in [6.45, 7) is 2.36. The van der Waals surface area contributed by atoms with Gasteiger partial charge in [-0.25, -0.2) is 4.68 Å². The quantitative estimate of drug-likeness (QED) is 0.868. The van der Waals surface area contributed by atoms with Crippen molar-refractivity contribution in [1.29, 1.82) is 0 Å². The summed E-state index contributed by atoms with van der Waals surface area (Å²) in [4.78, 5) is 1.25. The molecule has 0 aliphatic carbocycles. The Balaban J connectivity index is 1.78. The molecule has 2 aromatic heterocycles. The van der Waals surface area contributed by atoms with E-state index < -0.39 is 0 Å². The Morgan fingerprint density at radius 3 is 2.94 bits per heavy atom. The van der Waals surface area contributed by atoms with Gasteiger partial charge in [0, 0.05) is 24.0 Å². The predicted octanol–water partition coefficient (Wildman–Crippen LogP) is 2.44. The molecule has 0 amide bonds. The van der Waals surface area contributed by atoms with Gasteiger partial charge in [0.15, 0.2) is 5.82 Å². The van der Waals surface area contributed by atoms with E-state index in [2.05, 4.69) is 43.6 Å². The molecule has 0 radical (unpaired) electrons. The highest BCUT2D eigenvalue weighted by Crippen LogP contribution is 2.27. The smallest absolute Gasteiger partial charge is 0.154 e. The van der Waals surface area contributed by atoms with E-state index in [1.165, 1.54) is 4.88 Å². The van der Waals surface area contributed by atoms with Crippen molar-refractivity contribution in [3.63, 3.8) is 0 Å². The fourth-order valence-electron chi connectivity index (χ4n) is 2.16.